The van der Waals surface area contributed by atoms with E-state index in [1.165, 1.54) is 28.6 Å². The average Bonchev–Trinajstić information content (AvgIpc) is 2.79. The number of carbonyl (C=O) groups excluding carboxylic acids is 2. The van der Waals surface area contributed by atoms with Crippen LogP contribution in [0.5, 0.6) is 0 Å². The van der Waals surface area contributed by atoms with E-state index in [9.17, 15) is 32.5 Å². The molecule has 1 fully saturated rings. The van der Waals surface area contributed by atoms with Gasteiger partial charge in [0.25, 0.3) is 11.6 Å². The fraction of sp³-hybridized carbons (Fsp3) is 0.333. The standard InChI is InChI=1S/C21H22FN3O7S/c1-14-8-10-24(11-9-14)33(30,31)17-5-2-15(3-6-17)21(27)32-13-20(26)23-18-7-4-16(22)12-19(18)25(28)29/h2-7,12,14H,8-11,13H2,1H3,(H,23,26). The van der Waals surface area contributed by atoms with Crippen LogP contribution in [-0.2, 0) is 19.6 Å². The number of nitro benzene ring substituents is 1. The first-order valence-electron chi connectivity index (χ1n) is 10.1. The number of esters is 1. The number of nitrogens with one attached hydrogen (secondary N) is 1. The summed E-state index contributed by atoms with van der Waals surface area (Å²) in [5.41, 5.74) is -0.861. The molecular weight excluding hydrogens is 457 g/mol. The third kappa shape index (κ3) is 5.90. The Hall–Kier alpha value is -3.38. The van der Waals surface area contributed by atoms with Crippen LogP contribution in [-0.4, -0.2) is 49.2 Å². The van der Waals surface area contributed by atoms with Gasteiger partial charge in [-0.15, -0.1) is 0 Å². The summed E-state index contributed by atoms with van der Waals surface area (Å²) in [4.78, 5) is 34.4. The minimum atomic E-state index is -3.67. The molecule has 12 heteroatoms. The van der Waals surface area contributed by atoms with Crippen molar-refractivity contribution in [2.24, 2.45) is 5.92 Å². The molecule has 0 bridgehead atoms. The minimum absolute atomic E-state index is 0.0294. The highest BCUT2D eigenvalue weighted by Crippen LogP contribution is 2.25. The first-order valence-corrected chi connectivity index (χ1v) is 11.5. The number of rotatable bonds is 7. The Kier molecular flexibility index (Phi) is 7.39. The number of anilines is 1. The molecule has 0 atom stereocenters. The molecule has 176 valence electrons. The second-order valence-corrected chi connectivity index (χ2v) is 9.59. The summed E-state index contributed by atoms with van der Waals surface area (Å²) in [6.45, 7) is 2.20. The molecule has 0 aliphatic carbocycles. The molecule has 1 aliphatic rings. The zero-order valence-corrected chi connectivity index (χ0v) is 18.5. The maximum absolute atomic E-state index is 13.2. The van der Waals surface area contributed by atoms with Crippen molar-refractivity contribution in [1.82, 2.24) is 4.31 Å². The Morgan fingerprint density at radius 1 is 1.18 bits per heavy atom. The normalized spacial score (nSPS) is 15.1. The van der Waals surface area contributed by atoms with E-state index in [1.54, 1.807) is 0 Å². The van der Waals surface area contributed by atoms with Gasteiger partial charge in [0.1, 0.15) is 11.5 Å². The number of hydrogen-bond donors (Lipinski definition) is 1. The van der Waals surface area contributed by atoms with Gasteiger partial charge < -0.3 is 10.1 Å². The number of nitrogens with zero attached hydrogens (tertiary/aromatic N) is 2. The van der Waals surface area contributed by atoms with E-state index in [0.717, 1.165) is 25.0 Å². The number of sulfonamides is 1. The second-order valence-electron chi connectivity index (χ2n) is 7.65. The fourth-order valence-electron chi connectivity index (χ4n) is 3.30. The molecular formula is C21H22FN3O7S. The Bertz CT molecular complexity index is 1160. The molecule has 0 saturated carbocycles. The lowest BCUT2D eigenvalue weighted by atomic mass is 10.0. The number of piperidine rings is 1. The predicted octanol–water partition coefficient (Wildman–Crippen LogP) is 2.95. The lowest BCUT2D eigenvalue weighted by Crippen LogP contribution is -2.37. The highest BCUT2D eigenvalue weighted by atomic mass is 32.2. The van der Waals surface area contributed by atoms with Crippen molar-refractivity contribution in [1.29, 1.82) is 0 Å². The zero-order chi connectivity index (χ0) is 24.2. The van der Waals surface area contributed by atoms with Gasteiger partial charge >= 0.3 is 5.97 Å². The summed E-state index contributed by atoms with van der Waals surface area (Å²) < 4.78 is 45.0. The van der Waals surface area contributed by atoms with Crippen molar-refractivity contribution in [3.05, 3.63) is 64.0 Å². The van der Waals surface area contributed by atoms with E-state index in [1.807, 2.05) is 0 Å². The van der Waals surface area contributed by atoms with Gasteiger partial charge in [0, 0.05) is 13.1 Å². The number of nitro groups is 1. The number of benzene rings is 2. The molecule has 1 heterocycles. The monoisotopic (exact) mass is 479 g/mol. The number of ether oxygens (including phenoxy) is 1. The zero-order valence-electron chi connectivity index (χ0n) is 17.7. The smallest absolute Gasteiger partial charge is 0.338 e. The molecule has 1 amide bonds. The van der Waals surface area contributed by atoms with Crippen LogP contribution in [0.1, 0.15) is 30.1 Å². The van der Waals surface area contributed by atoms with Gasteiger partial charge in [-0.2, -0.15) is 4.31 Å². The Labute approximate surface area is 189 Å². The van der Waals surface area contributed by atoms with Crippen LogP contribution in [0.2, 0.25) is 0 Å². The molecule has 10 nitrogen and oxygen atoms in total. The summed E-state index contributed by atoms with van der Waals surface area (Å²) in [6.07, 6.45) is 1.57. The second kappa shape index (κ2) is 10.0. The van der Waals surface area contributed by atoms with Crippen LogP contribution in [0, 0.1) is 21.8 Å². The van der Waals surface area contributed by atoms with Gasteiger partial charge in [-0.05, 0) is 55.2 Å². The van der Waals surface area contributed by atoms with Crippen LogP contribution >= 0.6 is 0 Å². The number of hydrogen-bond acceptors (Lipinski definition) is 7. The van der Waals surface area contributed by atoms with E-state index in [4.69, 9.17) is 4.74 Å². The largest absolute Gasteiger partial charge is 0.452 e. The first-order chi connectivity index (χ1) is 15.6. The fourth-order valence-corrected chi connectivity index (χ4v) is 4.77. The van der Waals surface area contributed by atoms with Gasteiger partial charge in [0.2, 0.25) is 10.0 Å². The molecule has 1 N–H and O–H groups in total. The predicted molar refractivity (Wildman–Crippen MR) is 116 cm³/mol. The molecule has 2 aromatic rings. The SMILES string of the molecule is CC1CCN(S(=O)(=O)c2ccc(C(=O)OCC(=O)Nc3ccc(F)cc3[N+](=O)[O-])cc2)CC1. The van der Waals surface area contributed by atoms with Crippen molar-refractivity contribution >= 4 is 33.3 Å². The Morgan fingerprint density at radius 2 is 1.82 bits per heavy atom. The van der Waals surface area contributed by atoms with Crippen molar-refractivity contribution < 1.29 is 32.1 Å². The van der Waals surface area contributed by atoms with E-state index in [-0.39, 0.29) is 16.1 Å². The highest BCUT2D eigenvalue weighted by molar-refractivity contribution is 7.89. The Balaban J connectivity index is 1.59. The summed E-state index contributed by atoms with van der Waals surface area (Å²) in [5.74, 6) is -2.11. The topological polar surface area (TPSA) is 136 Å². The van der Waals surface area contributed by atoms with E-state index >= 15 is 0 Å². The molecule has 0 radical (unpaired) electrons. The highest BCUT2D eigenvalue weighted by Gasteiger charge is 2.28. The van der Waals surface area contributed by atoms with Crippen LogP contribution in [0.3, 0.4) is 0 Å². The molecule has 1 aliphatic heterocycles. The molecule has 3 rings (SSSR count). The summed E-state index contributed by atoms with van der Waals surface area (Å²) >= 11 is 0. The lowest BCUT2D eigenvalue weighted by Gasteiger charge is -2.29. The third-order valence-corrected chi connectivity index (χ3v) is 7.15. The Morgan fingerprint density at radius 3 is 2.42 bits per heavy atom. The number of amides is 1. The van der Waals surface area contributed by atoms with E-state index in [0.29, 0.717) is 25.1 Å². The van der Waals surface area contributed by atoms with E-state index < -0.39 is 44.9 Å². The van der Waals surface area contributed by atoms with E-state index in [2.05, 4.69) is 12.2 Å². The van der Waals surface area contributed by atoms with Crippen LogP contribution < -0.4 is 5.32 Å². The van der Waals surface area contributed by atoms with Gasteiger partial charge in [0.05, 0.1) is 21.4 Å². The van der Waals surface area contributed by atoms with Crippen molar-refractivity contribution in [2.45, 2.75) is 24.7 Å². The molecule has 33 heavy (non-hydrogen) atoms. The maximum atomic E-state index is 13.2. The van der Waals surface area contributed by atoms with Crippen molar-refractivity contribution in [3.63, 3.8) is 0 Å². The van der Waals surface area contributed by atoms with Crippen molar-refractivity contribution in [3.8, 4) is 0 Å². The van der Waals surface area contributed by atoms with Gasteiger partial charge in [-0.1, -0.05) is 6.92 Å². The third-order valence-electron chi connectivity index (χ3n) is 5.24. The maximum Gasteiger partial charge on any atom is 0.338 e. The molecule has 0 unspecified atom stereocenters. The van der Waals surface area contributed by atoms with Gasteiger partial charge in [0.15, 0.2) is 6.61 Å². The summed E-state index contributed by atoms with van der Waals surface area (Å²) in [7, 11) is -3.67. The number of carbonyl (C=O) groups is 2. The number of halogens is 1. The van der Waals surface area contributed by atoms with Gasteiger partial charge in [-0.25, -0.2) is 17.6 Å². The summed E-state index contributed by atoms with van der Waals surface area (Å²) in [5, 5.41) is 13.2. The average molecular weight is 479 g/mol. The quantitative estimate of drug-likeness (QED) is 0.366. The first kappa shape index (κ1) is 24.3. The minimum Gasteiger partial charge on any atom is -0.452 e. The van der Waals surface area contributed by atoms with Crippen LogP contribution in [0.4, 0.5) is 15.8 Å². The molecule has 0 spiro atoms. The molecule has 2 aromatic carbocycles. The molecule has 0 aromatic heterocycles. The lowest BCUT2D eigenvalue weighted by molar-refractivity contribution is -0.384. The molecule has 1 saturated heterocycles. The van der Waals surface area contributed by atoms with Gasteiger partial charge in [-0.3, -0.25) is 14.9 Å². The van der Waals surface area contributed by atoms with Crippen molar-refractivity contribution in [2.75, 3.05) is 25.0 Å². The summed E-state index contributed by atoms with van der Waals surface area (Å²) in [6, 6.07) is 7.78. The van der Waals surface area contributed by atoms with Crippen LogP contribution in [0.25, 0.3) is 0 Å². The van der Waals surface area contributed by atoms with Crippen LogP contribution in [0.15, 0.2) is 47.4 Å².